The molecule has 1 saturated carbocycles. The fourth-order valence-corrected chi connectivity index (χ4v) is 6.03. The maximum absolute atomic E-state index is 7.51. The molecule has 2 heterocycles. The Morgan fingerprint density at radius 3 is 2.53 bits per heavy atom. The van der Waals surface area contributed by atoms with Gasteiger partial charge >= 0.3 is 0 Å². The summed E-state index contributed by atoms with van der Waals surface area (Å²) in [6.45, 7) is 5.50. The van der Waals surface area contributed by atoms with Gasteiger partial charge in [-0.15, -0.1) is 10.2 Å². The third-order valence-electron chi connectivity index (χ3n) is 7.79. The first-order chi connectivity index (χ1) is 18.5. The van der Waals surface area contributed by atoms with E-state index in [1.807, 2.05) is 42.5 Å². The van der Waals surface area contributed by atoms with Crippen LogP contribution in [0.4, 0.5) is 0 Å². The third kappa shape index (κ3) is 4.53. The van der Waals surface area contributed by atoms with Crippen LogP contribution in [-0.2, 0) is 5.54 Å². The second-order valence-corrected chi connectivity index (χ2v) is 11.0. The van der Waals surface area contributed by atoms with E-state index in [2.05, 4.69) is 57.6 Å². The van der Waals surface area contributed by atoms with Gasteiger partial charge in [-0.05, 0) is 53.3 Å². The monoisotopic (exact) mass is 509 g/mol. The second-order valence-electron chi connectivity index (χ2n) is 11.0. The molecule has 2 aliphatic carbocycles. The molecule has 1 fully saturated rings. The topological polar surface area (TPSA) is 110 Å². The Bertz CT molecular complexity index is 1430. The van der Waals surface area contributed by atoms with Crippen LogP contribution in [0.2, 0.25) is 0 Å². The van der Waals surface area contributed by atoms with Gasteiger partial charge in [0.15, 0.2) is 5.58 Å². The van der Waals surface area contributed by atoms with Crippen molar-refractivity contribution in [1.29, 1.82) is 0 Å². The lowest BCUT2D eigenvalue weighted by atomic mass is 9.78. The molecule has 6 rings (SSSR count). The number of oxazole rings is 1. The number of nitrogens with one attached hydrogen (secondary N) is 1. The van der Waals surface area contributed by atoms with Crippen molar-refractivity contribution in [3.63, 3.8) is 0 Å². The molecule has 0 aliphatic heterocycles. The lowest BCUT2D eigenvalue weighted by Crippen LogP contribution is -2.51. The van der Waals surface area contributed by atoms with Gasteiger partial charge in [-0.1, -0.05) is 75.6 Å². The van der Waals surface area contributed by atoms with Gasteiger partial charge in [0.05, 0.1) is 0 Å². The molecule has 1 atom stereocenters. The summed E-state index contributed by atoms with van der Waals surface area (Å²) in [4.78, 5) is 7.51. The van der Waals surface area contributed by atoms with Crippen molar-refractivity contribution >= 4 is 16.7 Å². The van der Waals surface area contributed by atoms with E-state index in [9.17, 15) is 0 Å². The summed E-state index contributed by atoms with van der Waals surface area (Å²) < 4.78 is 6.40. The predicted molar refractivity (Wildman–Crippen MR) is 149 cm³/mol. The van der Waals surface area contributed by atoms with Gasteiger partial charge in [-0.2, -0.15) is 5.21 Å². The van der Waals surface area contributed by atoms with Crippen molar-refractivity contribution in [1.82, 2.24) is 30.5 Å². The number of nitrogens with two attached hydrogens (primary N) is 1. The fraction of sp³-hybridized carbons (Fsp3) is 0.400. The highest BCUT2D eigenvalue weighted by Crippen LogP contribution is 2.45. The number of hydrogen-bond donors (Lipinski definition) is 2. The van der Waals surface area contributed by atoms with E-state index in [0.29, 0.717) is 30.1 Å². The molecule has 8 heteroatoms. The molecule has 0 radical (unpaired) electrons. The number of tetrazole rings is 1. The van der Waals surface area contributed by atoms with Crippen LogP contribution < -0.4 is 5.73 Å². The summed E-state index contributed by atoms with van der Waals surface area (Å²) in [5, 5.41) is 14.8. The van der Waals surface area contributed by atoms with Gasteiger partial charge in [0.1, 0.15) is 11.1 Å². The molecule has 196 valence electrons. The zero-order valence-electron chi connectivity index (χ0n) is 22.1. The summed E-state index contributed by atoms with van der Waals surface area (Å²) in [7, 11) is 0. The first kappa shape index (κ1) is 24.6. The Balaban J connectivity index is 1.50. The number of rotatable bonds is 7. The first-order valence-electron chi connectivity index (χ1n) is 13.7. The van der Waals surface area contributed by atoms with Crippen LogP contribution in [0, 0.1) is 5.92 Å². The van der Waals surface area contributed by atoms with E-state index >= 15 is 0 Å². The average Bonchev–Trinajstić information content (AvgIpc) is 3.63. The van der Waals surface area contributed by atoms with Gasteiger partial charge in [0, 0.05) is 30.3 Å². The summed E-state index contributed by atoms with van der Waals surface area (Å²) >= 11 is 0. The van der Waals surface area contributed by atoms with Crippen molar-refractivity contribution in [2.45, 2.75) is 64.0 Å². The second kappa shape index (κ2) is 10.2. The van der Waals surface area contributed by atoms with Gasteiger partial charge < -0.3 is 15.1 Å². The van der Waals surface area contributed by atoms with E-state index in [4.69, 9.17) is 15.1 Å². The minimum absolute atomic E-state index is 0.464. The smallest absolute Gasteiger partial charge is 0.222 e. The number of aromatic nitrogens is 5. The van der Waals surface area contributed by atoms with E-state index in [1.165, 1.54) is 32.1 Å². The summed E-state index contributed by atoms with van der Waals surface area (Å²) in [6.07, 6.45) is 11.1. The SMILES string of the molecule is CC(C)CN(C1=CC=C(c2ccccc2-c2nn[nH]n2)CC1(N)c1nc2ccccc2o1)C1CCCCC1. The molecule has 2 aromatic carbocycles. The molecule has 0 saturated heterocycles. The largest absolute Gasteiger partial charge is 0.438 e. The average molecular weight is 510 g/mol. The van der Waals surface area contributed by atoms with Crippen molar-refractivity contribution in [2.75, 3.05) is 6.54 Å². The number of allylic oxidation sites excluding steroid dienone is 2. The first-order valence-corrected chi connectivity index (χ1v) is 13.7. The number of benzene rings is 2. The van der Waals surface area contributed by atoms with E-state index in [1.54, 1.807) is 0 Å². The molecule has 1 unspecified atom stereocenters. The summed E-state index contributed by atoms with van der Waals surface area (Å²) in [6, 6.07) is 16.5. The zero-order chi connectivity index (χ0) is 26.1. The molecule has 0 bridgehead atoms. The Hall–Kier alpha value is -3.78. The third-order valence-corrected chi connectivity index (χ3v) is 7.79. The lowest BCUT2D eigenvalue weighted by molar-refractivity contribution is 0.149. The molecule has 2 aliphatic rings. The number of para-hydroxylation sites is 2. The Kier molecular flexibility index (Phi) is 6.57. The highest BCUT2D eigenvalue weighted by Gasteiger charge is 2.44. The predicted octanol–water partition coefficient (Wildman–Crippen LogP) is 5.82. The Labute approximate surface area is 223 Å². The van der Waals surface area contributed by atoms with Gasteiger partial charge in [0.2, 0.25) is 11.7 Å². The summed E-state index contributed by atoms with van der Waals surface area (Å²) in [5.74, 6) is 1.61. The summed E-state index contributed by atoms with van der Waals surface area (Å²) in [5.41, 5.74) is 12.3. The maximum atomic E-state index is 7.51. The van der Waals surface area contributed by atoms with Crippen LogP contribution in [0.1, 0.15) is 63.8 Å². The highest BCUT2D eigenvalue weighted by atomic mass is 16.4. The molecule has 0 spiro atoms. The standard InChI is InChI=1S/C30H35N7O/c1-20(2)19-37(22-10-4-3-5-11-22)27-17-16-21(23-12-6-7-13-24(23)28-33-35-36-34-28)18-30(27,31)29-32-25-14-8-9-15-26(25)38-29/h6-9,12-17,20,22H,3-5,10-11,18-19,31H2,1-2H3,(H,33,34,35,36). The van der Waals surface area contributed by atoms with Gasteiger partial charge in [-0.25, -0.2) is 4.98 Å². The van der Waals surface area contributed by atoms with Crippen molar-refractivity contribution in [3.05, 3.63) is 77.8 Å². The number of nitrogens with zero attached hydrogens (tertiary/aromatic N) is 5. The molecular formula is C30H35N7O. The quantitative estimate of drug-likeness (QED) is 0.323. The van der Waals surface area contributed by atoms with Crippen LogP contribution in [0.5, 0.6) is 0 Å². The zero-order valence-corrected chi connectivity index (χ0v) is 22.1. The molecule has 3 N–H and O–H groups in total. The molecule has 0 amide bonds. The number of aromatic amines is 1. The van der Waals surface area contributed by atoms with E-state index in [-0.39, 0.29) is 0 Å². The van der Waals surface area contributed by atoms with E-state index in [0.717, 1.165) is 40.0 Å². The Morgan fingerprint density at radius 1 is 1.03 bits per heavy atom. The van der Waals surface area contributed by atoms with E-state index < -0.39 is 5.54 Å². The van der Waals surface area contributed by atoms with Crippen LogP contribution in [0.3, 0.4) is 0 Å². The number of fused-ring (bicyclic) bond motifs is 1. The molecule has 2 aromatic heterocycles. The molecule has 8 nitrogen and oxygen atoms in total. The van der Waals surface area contributed by atoms with Crippen molar-refractivity contribution in [3.8, 4) is 11.4 Å². The van der Waals surface area contributed by atoms with Crippen molar-refractivity contribution < 1.29 is 4.42 Å². The van der Waals surface area contributed by atoms with Gasteiger partial charge in [0.25, 0.3) is 0 Å². The van der Waals surface area contributed by atoms with Crippen LogP contribution >= 0.6 is 0 Å². The number of H-pyrrole nitrogens is 1. The van der Waals surface area contributed by atoms with Crippen LogP contribution in [-0.4, -0.2) is 43.1 Å². The highest BCUT2D eigenvalue weighted by molar-refractivity contribution is 5.81. The lowest BCUT2D eigenvalue weighted by Gasteiger charge is -2.45. The minimum atomic E-state index is -0.931. The molecule has 38 heavy (non-hydrogen) atoms. The molecule has 4 aromatic rings. The maximum Gasteiger partial charge on any atom is 0.222 e. The Morgan fingerprint density at radius 2 is 1.79 bits per heavy atom. The normalized spacial score (nSPS) is 20.5. The minimum Gasteiger partial charge on any atom is -0.438 e. The van der Waals surface area contributed by atoms with Gasteiger partial charge in [-0.3, -0.25) is 0 Å². The molecular weight excluding hydrogens is 474 g/mol. The number of hydrogen-bond acceptors (Lipinski definition) is 7. The fourth-order valence-electron chi connectivity index (χ4n) is 6.03. The van der Waals surface area contributed by atoms with Crippen LogP contribution in [0.15, 0.2) is 70.8 Å². The van der Waals surface area contributed by atoms with Crippen LogP contribution in [0.25, 0.3) is 28.1 Å². The van der Waals surface area contributed by atoms with Crippen molar-refractivity contribution in [2.24, 2.45) is 11.7 Å².